The van der Waals surface area contributed by atoms with Gasteiger partial charge in [-0.3, -0.25) is 14.6 Å². The summed E-state index contributed by atoms with van der Waals surface area (Å²) in [4.78, 5) is 18.8. The zero-order valence-electron chi connectivity index (χ0n) is 6.37. The number of pyridine rings is 1. The summed E-state index contributed by atoms with van der Waals surface area (Å²) in [6.45, 7) is 0. The van der Waals surface area contributed by atoms with E-state index in [-0.39, 0.29) is 5.56 Å². The van der Waals surface area contributed by atoms with Crippen molar-refractivity contribution in [3.05, 3.63) is 29.8 Å². The van der Waals surface area contributed by atoms with Gasteiger partial charge in [-0.15, -0.1) is 0 Å². The van der Waals surface area contributed by atoms with E-state index in [9.17, 15) is 9.18 Å². The van der Waals surface area contributed by atoms with Gasteiger partial charge in [0.25, 0.3) is 5.91 Å². The molecule has 0 bridgehead atoms. The van der Waals surface area contributed by atoms with Crippen LogP contribution in [0.2, 0.25) is 0 Å². The van der Waals surface area contributed by atoms with Gasteiger partial charge in [0, 0.05) is 6.20 Å². The predicted octanol–water partition coefficient (Wildman–Crippen LogP) is 0.512. The third-order valence-electron chi connectivity index (χ3n) is 1.16. The van der Waals surface area contributed by atoms with Crippen LogP contribution in [0.5, 0.6) is 0 Å². The molecule has 1 heterocycles. The number of carbonyl (C=O) groups is 1. The third-order valence-corrected chi connectivity index (χ3v) is 1.16. The molecule has 64 valence electrons. The molecular weight excluding hydrogens is 163 g/mol. The lowest BCUT2D eigenvalue weighted by atomic mass is 10.3. The van der Waals surface area contributed by atoms with Crippen LogP contribution in [0.4, 0.5) is 4.39 Å². The van der Waals surface area contributed by atoms with E-state index in [0.29, 0.717) is 0 Å². The van der Waals surface area contributed by atoms with Crippen LogP contribution >= 0.6 is 0 Å². The highest BCUT2D eigenvalue weighted by molar-refractivity contribution is 5.93. The maximum absolute atomic E-state index is 12.5. The summed E-state index contributed by atoms with van der Waals surface area (Å²) in [6.07, 6.45) is 2.26. The summed E-state index contributed by atoms with van der Waals surface area (Å²) in [5.74, 6) is -1.08. The Balaban J connectivity index is 2.81. The lowest BCUT2D eigenvalue weighted by molar-refractivity contribution is 0.0537. The normalized spacial score (nSPS) is 9.50. The first kappa shape index (κ1) is 8.61. The highest BCUT2D eigenvalue weighted by Gasteiger charge is 2.05. The summed E-state index contributed by atoms with van der Waals surface area (Å²) in [5, 5.41) is 0. The molecule has 0 spiro atoms. The van der Waals surface area contributed by atoms with Gasteiger partial charge in [-0.2, -0.15) is 0 Å². The summed E-state index contributed by atoms with van der Waals surface area (Å²) < 4.78 is 12.5. The van der Waals surface area contributed by atoms with Gasteiger partial charge in [0.2, 0.25) is 0 Å². The van der Waals surface area contributed by atoms with Crippen molar-refractivity contribution in [1.29, 1.82) is 0 Å². The van der Waals surface area contributed by atoms with E-state index in [1.807, 2.05) is 5.48 Å². The Morgan fingerprint density at radius 2 is 2.42 bits per heavy atom. The molecule has 4 nitrogen and oxygen atoms in total. The van der Waals surface area contributed by atoms with Gasteiger partial charge < -0.3 is 0 Å². The second-order valence-electron chi connectivity index (χ2n) is 2.03. The molecule has 1 N–H and O–H groups in total. The van der Waals surface area contributed by atoms with Crippen LogP contribution in [-0.2, 0) is 4.84 Å². The molecule has 0 aromatic carbocycles. The summed E-state index contributed by atoms with van der Waals surface area (Å²) in [6, 6.07) is 1.07. The first-order chi connectivity index (χ1) is 5.74. The Hall–Kier alpha value is -1.49. The van der Waals surface area contributed by atoms with Gasteiger partial charge in [0.05, 0.1) is 18.9 Å². The largest absolute Gasteiger partial charge is 0.277 e. The smallest absolute Gasteiger partial charge is 0.276 e. The van der Waals surface area contributed by atoms with E-state index >= 15 is 0 Å². The Labute approximate surface area is 68.3 Å². The number of amides is 1. The maximum Gasteiger partial charge on any atom is 0.276 e. The summed E-state index contributed by atoms with van der Waals surface area (Å²) in [7, 11) is 1.30. The van der Waals surface area contributed by atoms with E-state index in [4.69, 9.17) is 0 Å². The Kier molecular flexibility index (Phi) is 2.71. The van der Waals surface area contributed by atoms with E-state index in [2.05, 4.69) is 9.82 Å². The minimum atomic E-state index is -0.557. The molecule has 0 aliphatic carbocycles. The Morgan fingerprint density at radius 3 is 3.00 bits per heavy atom. The number of hydrogen-bond donors (Lipinski definition) is 1. The number of aromatic nitrogens is 1. The van der Waals surface area contributed by atoms with Crippen molar-refractivity contribution >= 4 is 5.91 Å². The van der Waals surface area contributed by atoms with Gasteiger partial charge in [-0.25, -0.2) is 9.87 Å². The fourth-order valence-electron chi connectivity index (χ4n) is 0.688. The molecule has 1 aromatic heterocycles. The second-order valence-corrected chi connectivity index (χ2v) is 2.03. The van der Waals surface area contributed by atoms with Crippen molar-refractivity contribution in [3.63, 3.8) is 0 Å². The SMILES string of the molecule is CONC(=O)c1cncc(F)c1. The van der Waals surface area contributed by atoms with E-state index in [1.165, 1.54) is 13.3 Å². The zero-order chi connectivity index (χ0) is 8.97. The average Bonchev–Trinajstić information content (AvgIpc) is 2.05. The zero-order valence-corrected chi connectivity index (χ0v) is 6.37. The van der Waals surface area contributed by atoms with Crippen molar-refractivity contribution in [2.75, 3.05) is 7.11 Å². The maximum atomic E-state index is 12.5. The molecule has 0 aliphatic heterocycles. The first-order valence-corrected chi connectivity index (χ1v) is 3.18. The van der Waals surface area contributed by atoms with E-state index in [0.717, 1.165) is 12.3 Å². The van der Waals surface area contributed by atoms with E-state index in [1.54, 1.807) is 0 Å². The molecule has 12 heavy (non-hydrogen) atoms. The number of halogens is 1. The van der Waals surface area contributed by atoms with Crippen LogP contribution in [0.25, 0.3) is 0 Å². The molecule has 5 heteroatoms. The molecule has 0 radical (unpaired) electrons. The van der Waals surface area contributed by atoms with Crippen molar-refractivity contribution in [3.8, 4) is 0 Å². The standard InChI is InChI=1S/C7H7FN2O2/c1-12-10-7(11)5-2-6(8)4-9-3-5/h2-4H,1H3,(H,10,11). The molecular formula is C7H7FN2O2. The van der Waals surface area contributed by atoms with Crippen LogP contribution in [0, 0.1) is 5.82 Å². The predicted molar refractivity (Wildman–Crippen MR) is 38.7 cm³/mol. The van der Waals surface area contributed by atoms with Gasteiger partial charge in [-0.1, -0.05) is 0 Å². The minimum absolute atomic E-state index is 0.122. The van der Waals surface area contributed by atoms with Crippen LogP contribution in [-0.4, -0.2) is 18.0 Å². The molecule has 0 unspecified atom stereocenters. The number of carbonyl (C=O) groups excluding carboxylic acids is 1. The number of nitrogens with one attached hydrogen (secondary N) is 1. The quantitative estimate of drug-likeness (QED) is 0.658. The number of rotatable bonds is 2. The lowest BCUT2D eigenvalue weighted by Crippen LogP contribution is -2.21. The third kappa shape index (κ3) is 2.00. The summed E-state index contributed by atoms with van der Waals surface area (Å²) >= 11 is 0. The average molecular weight is 170 g/mol. The van der Waals surface area contributed by atoms with Gasteiger partial charge in [0.15, 0.2) is 0 Å². The fourth-order valence-corrected chi connectivity index (χ4v) is 0.688. The summed E-state index contributed by atoms with van der Waals surface area (Å²) in [5.41, 5.74) is 2.17. The highest BCUT2D eigenvalue weighted by atomic mass is 19.1. The van der Waals surface area contributed by atoms with Crippen molar-refractivity contribution in [2.45, 2.75) is 0 Å². The molecule has 1 aromatic rings. The van der Waals surface area contributed by atoms with Crippen molar-refractivity contribution in [1.82, 2.24) is 10.5 Å². The van der Waals surface area contributed by atoms with Crippen LogP contribution in [0.3, 0.4) is 0 Å². The Morgan fingerprint density at radius 1 is 1.67 bits per heavy atom. The van der Waals surface area contributed by atoms with E-state index < -0.39 is 11.7 Å². The monoisotopic (exact) mass is 170 g/mol. The molecule has 0 aliphatic rings. The first-order valence-electron chi connectivity index (χ1n) is 3.18. The number of nitrogens with zero attached hydrogens (tertiary/aromatic N) is 1. The molecule has 0 atom stereocenters. The lowest BCUT2D eigenvalue weighted by Gasteiger charge is -2.00. The van der Waals surface area contributed by atoms with Crippen molar-refractivity contribution < 1.29 is 14.0 Å². The number of hydroxylamine groups is 1. The minimum Gasteiger partial charge on any atom is -0.277 e. The highest BCUT2D eigenvalue weighted by Crippen LogP contribution is 1.99. The molecule has 0 fully saturated rings. The van der Waals surface area contributed by atoms with Gasteiger partial charge in [-0.05, 0) is 6.07 Å². The fraction of sp³-hybridized carbons (Fsp3) is 0.143. The molecule has 1 amide bonds. The van der Waals surface area contributed by atoms with Crippen LogP contribution in [0.15, 0.2) is 18.5 Å². The van der Waals surface area contributed by atoms with Crippen molar-refractivity contribution in [2.24, 2.45) is 0 Å². The molecule has 1 rings (SSSR count). The molecule has 0 saturated carbocycles. The molecule has 0 saturated heterocycles. The van der Waals surface area contributed by atoms with Gasteiger partial charge >= 0.3 is 0 Å². The van der Waals surface area contributed by atoms with Crippen LogP contribution < -0.4 is 5.48 Å². The van der Waals surface area contributed by atoms with Gasteiger partial charge in [0.1, 0.15) is 5.82 Å². The van der Waals surface area contributed by atoms with Crippen LogP contribution in [0.1, 0.15) is 10.4 Å². The topological polar surface area (TPSA) is 51.2 Å². The Bertz CT molecular complexity index is 290. The second kappa shape index (κ2) is 3.77. The number of hydrogen-bond acceptors (Lipinski definition) is 3.